The van der Waals surface area contributed by atoms with Crippen molar-refractivity contribution in [2.75, 3.05) is 7.11 Å². The minimum atomic E-state index is -5.46. The lowest BCUT2D eigenvalue weighted by atomic mass is 10.0. The van der Waals surface area contributed by atoms with Crippen molar-refractivity contribution in [1.82, 2.24) is 0 Å². The van der Waals surface area contributed by atoms with E-state index in [9.17, 15) is 35.5 Å². The average Bonchev–Trinajstić information content (AvgIpc) is 2.23. The summed E-state index contributed by atoms with van der Waals surface area (Å²) < 4.78 is 91.9. The zero-order valence-electron chi connectivity index (χ0n) is 9.12. The Morgan fingerprint density at radius 1 is 1.05 bits per heavy atom. The van der Waals surface area contributed by atoms with E-state index in [-0.39, 0.29) is 12.1 Å². The van der Waals surface area contributed by atoms with Gasteiger partial charge in [-0.3, -0.25) is 0 Å². The lowest BCUT2D eigenvalue weighted by Crippen LogP contribution is -2.20. The molecule has 0 bridgehead atoms. The van der Waals surface area contributed by atoms with Gasteiger partial charge in [0, 0.05) is 0 Å². The van der Waals surface area contributed by atoms with Crippen LogP contribution in [0.15, 0.2) is 12.1 Å². The highest BCUT2D eigenvalue weighted by molar-refractivity contribution is 5.91. The molecule has 1 aromatic rings. The van der Waals surface area contributed by atoms with E-state index in [4.69, 9.17) is 0 Å². The number of benzene rings is 1. The summed E-state index contributed by atoms with van der Waals surface area (Å²) in [7, 11) is 0.720. The molecule has 9 heteroatoms. The van der Waals surface area contributed by atoms with Crippen molar-refractivity contribution in [1.29, 1.82) is 0 Å². The summed E-state index contributed by atoms with van der Waals surface area (Å²) in [6.45, 7) is 0. The number of hydrogen-bond acceptors (Lipinski definition) is 2. The van der Waals surface area contributed by atoms with Gasteiger partial charge in [0.2, 0.25) is 0 Å². The van der Waals surface area contributed by atoms with E-state index in [1.165, 1.54) is 0 Å². The van der Waals surface area contributed by atoms with Gasteiger partial charge < -0.3 is 4.74 Å². The Balaban J connectivity index is 3.65. The van der Waals surface area contributed by atoms with Gasteiger partial charge >= 0.3 is 18.3 Å². The molecular formula is C10H5F7O2. The van der Waals surface area contributed by atoms with E-state index in [0.29, 0.717) is 0 Å². The van der Waals surface area contributed by atoms with Crippen LogP contribution in [0.2, 0.25) is 0 Å². The highest BCUT2D eigenvalue weighted by Gasteiger charge is 2.44. The van der Waals surface area contributed by atoms with Gasteiger partial charge in [-0.2, -0.15) is 26.3 Å². The Morgan fingerprint density at radius 3 is 1.95 bits per heavy atom. The molecule has 0 aliphatic carbocycles. The van der Waals surface area contributed by atoms with Crippen LogP contribution in [-0.4, -0.2) is 13.1 Å². The topological polar surface area (TPSA) is 26.3 Å². The van der Waals surface area contributed by atoms with Crippen LogP contribution in [-0.2, 0) is 17.1 Å². The lowest BCUT2D eigenvalue weighted by Gasteiger charge is -2.16. The second-order valence-electron chi connectivity index (χ2n) is 3.34. The number of esters is 1. The molecule has 1 aromatic carbocycles. The first-order valence-corrected chi connectivity index (χ1v) is 4.55. The summed E-state index contributed by atoms with van der Waals surface area (Å²) in [6.07, 6.45) is -10.8. The van der Waals surface area contributed by atoms with Crippen LogP contribution in [0.3, 0.4) is 0 Å². The van der Waals surface area contributed by atoms with E-state index in [1.807, 2.05) is 0 Å². The van der Waals surface area contributed by atoms with Crippen LogP contribution in [0, 0.1) is 5.82 Å². The summed E-state index contributed by atoms with van der Waals surface area (Å²) in [4.78, 5) is 11.0. The molecule has 0 atom stereocenters. The van der Waals surface area contributed by atoms with Crippen molar-refractivity contribution in [3.63, 3.8) is 0 Å². The first-order chi connectivity index (χ1) is 8.50. The van der Waals surface area contributed by atoms with E-state index in [2.05, 4.69) is 4.74 Å². The monoisotopic (exact) mass is 290 g/mol. The molecule has 0 amide bonds. The fourth-order valence-electron chi connectivity index (χ4n) is 1.35. The largest absolute Gasteiger partial charge is 0.465 e. The molecule has 0 saturated carbocycles. The van der Waals surface area contributed by atoms with Gasteiger partial charge in [0.25, 0.3) is 0 Å². The predicted octanol–water partition coefficient (Wildman–Crippen LogP) is 3.65. The number of rotatable bonds is 1. The molecule has 0 heterocycles. The van der Waals surface area contributed by atoms with Gasteiger partial charge in [-0.1, -0.05) is 0 Å². The number of halogens is 7. The average molecular weight is 290 g/mol. The smallest absolute Gasteiger partial charge is 0.420 e. The van der Waals surface area contributed by atoms with Gasteiger partial charge in [-0.05, 0) is 12.1 Å². The van der Waals surface area contributed by atoms with E-state index in [0.717, 1.165) is 7.11 Å². The molecule has 0 N–H and O–H groups in total. The Kier molecular flexibility index (Phi) is 3.78. The minimum Gasteiger partial charge on any atom is -0.465 e. The molecule has 1 rings (SSSR count). The SMILES string of the molecule is COC(=O)c1ccc(C(F)(F)F)c(F)c1C(F)(F)F. The van der Waals surface area contributed by atoms with E-state index >= 15 is 0 Å². The summed E-state index contributed by atoms with van der Waals surface area (Å²) in [6, 6.07) is 0.275. The molecule has 0 aromatic heterocycles. The van der Waals surface area contributed by atoms with Crippen molar-refractivity contribution < 1.29 is 40.3 Å². The minimum absolute atomic E-state index is 0.0524. The first kappa shape index (κ1) is 15.3. The van der Waals surface area contributed by atoms with Gasteiger partial charge in [0.15, 0.2) is 0 Å². The molecule has 0 saturated heterocycles. The number of ether oxygens (including phenoxy) is 1. The van der Waals surface area contributed by atoms with Crippen LogP contribution >= 0.6 is 0 Å². The number of hydrogen-bond donors (Lipinski definition) is 0. The van der Waals surface area contributed by atoms with Crippen LogP contribution in [0.5, 0.6) is 0 Å². The van der Waals surface area contributed by atoms with Crippen molar-refractivity contribution >= 4 is 5.97 Å². The molecule has 0 spiro atoms. The van der Waals surface area contributed by atoms with Crippen molar-refractivity contribution in [3.8, 4) is 0 Å². The van der Waals surface area contributed by atoms with Crippen LogP contribution in [0.1, 0.15) is 21.5 Å². The molecule has 0 aliphatic rings. The number of carbonyl (C=O) groups is 1. The van der Waals surface area contributed by atoms with Crippen molar-refractivity contribution in [2.24, 2.45) is 0 Å². The summed E-state index contributed by atoms with van der Waals surface area (Å²) >= 11 is 0. The lowest BCUT2D eigenvalue weighted by molar-refractivity contribution is -0.148. The fraction of sp³-hybridized carbons (Fsp3) is 0.300. The summed E-state index contributed by atoms with van der Waals surface area (Å²) in [5.74, 6) is -4.14. The molecule has 19 heavy (non-hydrogen) atoms. The maximum Gasteiger partial charge on any atom is 0.420 e. The molecule has 0 aliphatic heterocycles. The Bertz CT molecular complexity index is 502. The molecule has 0 unspecified atom stereocenters. The molecular weight excluding hydrogens is 285 g/mol. The Morgan fingerprint density at radius 2 is 1.58 bits per heavy atom. The molecule has 106 valence electrons. The van der Waals surface area contributed by atoms with E-state index < -0.39 is 40.8 Å². The highest BCUT2D eigenvalue weighted by Crippen LogP contribution is 2.40. The number of carbonyl (C=O) groups excluding carboxylic acids is 1. The first-order valence-electron chi connectivity index (χ1n) is 4.55. The third kappa shape index (κ3) is 2.96. The van der Waals surface area contributed by atoms with Gasteiger partial charge in [0.05, 0.1) is 18.2 Å². The highest BCUT2D eigenvalue weighted by atomic mass is 19.4. The zero-order chi connectivity index (χ0) is 15.0. The summed E-state index contributed by atoms with van der Waals surface area (Å²) in [5, 5.41) is 0. The Labute approximate surface area is 101 Å². The standard InChI is InChI=1S/C10H5F7O2/c1-19-8(18)4-2-3-5(9(12,13)14)7(11)6(4)10(15,16)17/h2-3H,1H3. The van der Waals surface area contributed by atoms with Crippen LogP contribution in [0.4, 0.5) is 30.7 Å². The van der Waals surface area contributed by atoms with Crippen molar-refractivity contribution in [3.05, 3.63) is 34.6 Å². The quantitative estimate of drug-likeness (QED) is 0.583. The maximum absolute atomic E-state index is 13.4. The second-order valence-corrected chi connectivity index (χ2v) is 3.34. The zero-order valence-corrected chi connectivity index (χ0v) is 9.12. The van der Waals surface area contributed by atoms with Crippen LogP contribution in [0.25, 0.3) is 0 Å². The van der Waals surface area contributed by atoms with Gasteiger partial charge in [0.1, 0.15) is 11.4 Å². The normalized spacial score (nSPS) is 12.4. The third-order valence-corrected chi connectivity index (χ3v) is 2.14. The fourth-order valence-corrected chi connectivity index (χ4v) is 1.35. The van der Waals surface area contributed by atoms with E-state index in [1.54, 1.807) is 0 Å². The maximum atomic E-state index is 13.4. The predicted molar refractivity (Wildman–Crippen MR) is 47.7 cm³/mol. The third-order valence-electron chi connectivity index (χ3n) is 2.14. The number of alkyl halides is 6. The second kappa shape index (κ2) is 4.71. The van der Waals surface area contributed by atoms with Crippen LogP contribution < -0.4 is 0 Å². The van der Waals surface area contributed by atoms with Gasteiger partial charge in [-0.25, -0.2) is 9.18 Å². The molecule has 2 nitrogen and oxygen atoms in total. The summed E-state index contributed by atoms with van der Waals surface area (Å²) in [5.41, 5.74) is -5.72. The molecule has 0 radical (unpaired) electrons. The number of methoxy groups -OCH3 is 1. The Hall–Kier alpha value is -1.80. The van der Waals surface area contributed by atoms with Gasteiger partial charge in [-0.15, -0.1) is 0 Å². The van der Waals surface area contributed by atoms with Crippen molar-refractivity contribution in [2.45, 2.75) is 12.4 Å². The molecule has 0 fully saturated rings.